The molecular weight excluding hydrogens is 316 g/mol. The second-order valence-electron chi connectivity index (χ2n) is 4.72. The van der Waals surface area contributed by atoms with Crippen molar-refractivity contribution in [2.45, 2.75) is 6.92 Å². The highest BCUT2D eigenvalue weighted by Crippen LogP contribution is 2.25. The largest absolute Gasteiger partial charge is 0.497 e. The summed E-state index contributed by atoms with van der Waals surface area (Å²) in [6.45, 7) is 1.41. The molecular formula is C18H15ClO4. The van der Waals surface area contributed by atoms with Crippen LogP contribution >= 0.6 is 11.6 Å². The van der Waals surface area contributed by atoms with Gasteiger partial charge in [0.05, 0.1) is 12.7 Å². The first-order chi connectivity index (χ1) is 11.0. The van der Waals surface area contributed by atoms with Crippen molar-refractivity contribution in [1.29, 1.82) is 0 Å². The van der Waals surface area contributed by atoms with Crippen LogP contribution in [0.2, 0.25) is 5.02 Å². The Kier molecular flexibility index (Phi) is 5.55. The Morgan fingerprint density at radius 2 is 1.78 bits per heavy atom. The quantitative estimate of drug-likeness (QED) is 0.357. The predicted octanol–water partition coefficient (Wildman–Crippen LogP) is 4.17. The summed E-state index contributed by atoms with van der Waals surface area (Å²) >= 11 is 5.80. The van der Waals surface area contributed by atoms with Gasteiger partial charge in [-0.1, -0.05) is 23.7 Å². The number of rotatable bonds is 5. The smallest absolute Gasteiger partial charge is 0.336 e. The standard InChI is InChI=1S/C18H15ClO4/c1-12(20)16-9-8-15(22-2)11-17(16)23-18(21)10-5-13-3-6-14(19)7-4-13/h3-11H,1-2H3/b10-5+. The molecule has 0 radical (unpaired) electrons. The first-order valence-corrected chi connectivity index (χ1v) is 7.22. The molecule has 2 aromatic rings. The van der Waals surface area contributed by atoms with E-state index in [1.165, 1.54) is 26.2 Å². The van der Waals surface area contributed by atoms with E-state index >= 15 is 0 Å². The SMILES string of the molecule is COc1ccc(C(C)=O)c(OC(=O)/C=C/c2ccc(Cl)cc2)c1. The zero-order chi connectivity index (χ0) is 16.8. The van der Waals surface area contributed by atoms with Crippen molar-refractivity contribution in [3.05, 3.63) is 64.7 Å². The van der Waals surface area contributed by atoms with Gasteiger partial charge in [-0.15, -0.1) is 0 Å². The number of ether oxygens (including phenoxy) is 2. The number of carbonyl (C=O) groups excluding carboxylic acids is 2. The molecule has 0 unspecified atom stereocenters. The summed E-state index contributed by atoms with van der Waals surface area (Å²) in [4.78, 5) is 23.5. The number of carbonyl (C=O) groups is 2. The summed E-state index contributed by atoms with van der Waals surface area (Å²) in [6, 6.07) is 11.7. The maximum Gasteiger partial charge on any atom is 0.336 e. The Balaban J connectivity index is 2.16. The topological polar surface area (TPSA) is 52.6 Å². The van der Waals surface area contributed by atoms with Crippen LogP contribution in [0.5, 0.6) is 11.5 Å². The van der Waals surface area contributed by atoms with E-state index in [9.17, 15) is 9.59 Å². The van der Waals surface area contributed by atoms with Gasteiger partial charge in [-0.05, 0) is 42.8 Å². The minimum atomic E-state index is -0.587. The van der Waals surface area contributed by atoms with Crippen LogP contribution in [0.4, 0.5) is 0 Å². The van der Waals surface area contributed by atoms with Crippen LogP contribution in [0.15, 0.2) is 48.5 Å². The molecule has 0 heterocycles. The summed E-state index contributed by atoms with van der Waals surface area (Å²) < 4.78 is 10.3. The molecule has 0 aliphatic rings. The number of hydrogen-bond donors (Lipinski definition) is 0. The molecule has 0 spiro atoms. The van der Waals surface area contributed by atoms with Crippen molar-refractivity contribution in [3.63, 3.8) is 0 Å². The van der Waals surface area contributed by atoms with E-state index in [2.05, 4.69) is 0 Å². The molecule has 0 saturated carbocycles. The van der Waals surface area contributed by atoms with Crippen molar-refractivity contribution in [1.82, 2.24) is 0 Å². The first-order valence-electron chi connectivity index (χ1n) is 6.84. The fourth-order valence-corrected chi connectivity index (χ4v) is 2.01. The minimum Gasteiger partial charge on any atom is -0.497 e. The number of methoxy groups -OCH3 is 1. The summed E-state index contributed by atoms with van der Waals surface area (Å²) in [6.07, 6.45) is 2.89. The molecule has 5 heteroatoms. The molecule has 0 aromatic heterocycles. The normalized spacial score (nSPS) is 10.6. The molecule has 0 N–H and O–H groups in total. The predicted molar refractivity (Wildman–Crippen MR) is 89.1 cm³/mol. The fraction of sp³-hybridized carbons (Fsp3) is 0.111. The van der Waals surface area contributed by atoms with Gasteiger partial charge in [0, 0.05) is 17.2 Å². The molecule has 0 aliphatic heterocycles. The van der Waals surface area contributed by atoms with Gasteiger partial charge >= 0.3 is 5.97 Å². The molecule has 0 saturated heterocycles. The zero-order valence-electron chi connectivity index (χ0n) is 12.7. The third kappa shape index (κ3) is 4.69. The molecule has 0 amide bonds. The third-order valence-corrected chi connectivity index (χ3v) is 3.31. The minimum absolute atomic E-state index is 0.169. The number of ketones is 1. The van der Waals surface area contributed by atoms with Gasteiger partial charge in [0.25, 0.3) is 0 Å². The Morgan fingerprint density at radius 3 is 2.39 bits per heavy atom. The molecule has 0 aliphatic carbocycles. The molecule has 0 bridgehead atoms. The lowest BCUT2D eigenvalue weighted by atomic mass is 10.1. The third-order valence-electron chi connectivity index (χ3n) is 3.06. The average molecular weight is 331 g/mol. The van der Waals surface area contributed by atoms with Crippen molar-refractivity contribution in [2.24, 2.45) is 0 Å². The molecule has 0 fully saturated rings. The number of halogens is 1. The Hall–Kier alpha value is -2.59. The van der Waals surface area contributed by atoms with Crippen molar-refractivity contribution in [2.75, 3.05) is 7.11 Å². The molecule has 2 rings (SSSR count). The number of esters is 1. The lowest BCUT2D eigenvalue weighted by Crippen LogP contribution is -2.07. The maximum atomic E-state index is 11.9. The van der Waals surface area contributed by atoms with E-state index in [-0.39, 0.29) is 11.5 Å². The van der Waals surface area contributed by atoms with Crippen LogP contribution in [-0.2, 0) is 4.79 Å². The van der Waals surface area contributed by atoms with Crippen LogP contribution in [0.25, 0.3) is 6.08 Å². The van der Waals surface area contributed by atoms with Gasteiger partial charge in [0.1, 0.15) is 11.5 Å². The molecule has 2 aromatic carbocycles. The van der Waals surface area contributed by atoms with E-state index in [1.807, 2.05) is 0 Å². The van der Waals surface area contributed by atoms with Crippen LogP contribution in [0, 0.1) is 0 Å². The van der Waals surface area contributed by atoms with E-state index < -0.39 is 5.97 Å². The van der Waals surface area contributed by atoms with Crippen LogP contribution < -0.4 is 9.47 Å². The lowest BCUT2D eigenvalue weighted by Gasteiger charge is -2.08. The second-order valence-corrected chi connectivity index (χ2v) is 5.16. The van der Waals surface area contributed by atoms with E-state index in [4.69, 9.17) is 21.1 Å². The van der Waals surface area contributed by atoms with E-state index in [1.54, 1.807) is 42.5 Å². The zero-order valence-corrected chi connectivity index (χ0v) is 13.5. The van der Waals surface area contributed by atoms with Gasteiger partial charge in [-0.2, -0.15) is 0 Å². The van der Waals surface area contributed by atoms with E-state index in [0.717, 1.165) is 5.56 Å². The van der Waals surface area contributed by atoms with Gasteiger partial charge in [-0.25, -0.2) is 4.79 Å². The van der Waals surface area contributed by atoms with Crippen molar-refractivity contribution in [3.8, 4) is 11.5 Å². The summed E-state index contributed by atoms with van der Waals surface area (Å²) in [5.41, 5.74) is 1.13. The highest BCUT2D eigenvalue weighted by molar-refractivity contribution is 6.30. The maximum absolute atomic E-state index is 11.9. The van der Waals surface area contributed by atoms with E-state index in [0.29, 0.717) is 16.3 Å². The highest BCUT2D eigenvalue weighted by atomic mass is 35.5. The Labute approximate surface area is 139 Å². The van der Waals surface area contributed by atoms with Gasteiger partial charge in [-0.3, -0.25) is 4.79 Å². The second kappa shape index (κ2) is 7.61. The number of Topliss-reactive ketones (excluding diaryl/α,β-unsaturated/α-hetero) is 1. The lowest BCUT2D eigenvalue weighted by molar-refractivity contribution is -0.128. The van der Waals surface area contributed by atoms with Crippen LogP contribution in [-0.4, -0.2) is 18.9 Å². The number of hydrogen-bond acceptors (Lipinski definition) is 4. The molecule has 0 atom stereocenters. The van der Waals surface area contributed by atoms with Crippen molar-refractivity contribution >= 4 is 29.4 Å². The summed E-state index contributed by atoms with van der Waals surface area (Å²) in [5, 5.41) is 0.618. The number of benzene rings is 2. The Morgan fingerprint density at radius 1 is 1.09 bits per heavy atom. The van der Waals surface area contributed by atoms with Gasteiger partial charge in [0.15, 0.2) is 5.78 Å². The van der Waals surface area contributed by atoms with Gasteiger partial charge < -0.3 is 9.47 Å². The molecule has 118 valence electrons. The van der Waals surface area contributed by atoms with Crippen molar-refractivity contribution < 1.29 is 19.1 Å². The average Bonchev–Trinajstić information content (AvgIpc) is 2.54. The Bertz CT molecular complexity index is 748. The molecule has 23 heavy (non-hydrogen) atoms. The van der Waals surface area contributed by atoms with Gasteiger partial charge in [0.2, 0.25) is 0 Å². The highest BCUT2D eigenvalue weighted by Gasteiger charge is 2.12. The summed E-state index contributed by atoms with van der Waals surface area (Å²) in [7, 11) is 1.49. The monoisotopic (exact) mass is 330 g/mol. The first kappa shape index (κ1) is 16.8. The van der Waals surface area contributed by atoms with Crippen LogP contribution in [0.3, 0.4) is 0 Å². The molecule has 4 nitrogen and oxygen atoms in total. The fourth-order valence-electron chi connectivity index (χ4n) is 1.89. The van der Waals surface area contributed by atoms with Crippen LogP contribution in [0.1, 0.15) is 22.8 Å². The summed E-state index contributed by atoms with van der Waals surface area (Å²) in [5.74, 6) is -0.116.